The fourth-order valence-electron chi connectivity index (χ4n) is 3.84. The molecule has 21 heavy (non-hydrogen) atoms. The molecule has 0 bridgehead atoms. The molecule has 1 aromatic carbocycles. The Labute approximate surface area is 133 Å². The lowest BCUT2D eigenvalue weighted by Crippen LogP contribution is -3.00. The van der Waals surface area contributed by atoms with E-state index in [4.69, 9.17) is 5.73 Å². The summed E-state index contributed by atoms with van der Waals surface area (Å²) in [5.41, 5.74) is 7.75. The van der Waals surface area contributed by atoms with Gasteiger partial charge in [-0.05, 0) is 24.3 Å². The minimum atomic E-state index is -0.202. The number of quaternary nitrogens is 1. The number of halogens is 1. The summed E-state index contributed by atoms with van der Waals surface area (Å²) in [5.74, 6) is 0. The predicted molar refractivity (Wildman–Crippen MR) is 82.6 cm³/mol. The predicted octanol–water partition coefficient (Wildman–Crippen LogP) is -1.55. The van der Waals surface area contributed by atoms with E-state index in [0.717, 1.165) is 29.7 Å². The highest BCUT2D eigenvalue weighted by Gasteiger charge is 2.38. The largest absolute Gasteiger partial charge is 1.00 e. The lowest BCUT2D eigenvalue weighted by atomic mass is 10.1. The highest BCUT2D eigenvalue weighted by Crippen LogP contribution is 2.29. The average molecular weight is 312 g/mol. The van der Waals surface area contributed by atoms with Gasteiger partial charge < -0.3 is 32.6 Å². The van der Waals surface area contributed by atoms with Crippen molar-refractivity contribution in [1.82, 2.24) is 0 Å². The van der Waals surface area contributed by atoms with Gasteiger partial charge in [-0.3, -0.25) is 0 Å². The first-order valence-corrected chi connectivity index (χ1v) is 7.70. The van der Waals surface area contributed by atoms with Crippen molar-refractivity contribution in [3.63, 3.8) is 0 Å². The van der Waals surface area contributed by atoms with Gasteiger partial charge in [-0.25, -0.2) is 0 Å². The van der Waals surface area contributed by atoms with Gasteiger partial charge in [0.25, 0.3) is 0 Å². The summed E-state index contributed by atoms with van der Waals surface area (Å²) < 4.78 is 1.16. The Kier molecular flexibility index (Phi) is 5.02. The molecule has 0 amide bonds. The summed E-state index contributed by atoms with van der Waals surface area (Å²) in [6.07, 6.45) is 3.37. The number of aliphatic hydroxyl groups is 1. The Morgan fingerprint density at radius 3 is 2.48 bits per heavy atom. The van der Waals surface area contributed by atoms with Crippen LogP contribution in [0, 0.1) is 0 Å². The summed E-state index contributed by atoms with van der Waals surface area (Å²) in [7, 11) is 2.36. The van der Waals surface area contributed by atoms with Gasteiger partial charge in [0.05, 0.1) is 38.8 Å². The van der Waals surface area contributed by atoms with E-state index in [-0.39, 0.29) is 18.5 Å². The number of nitrogens with zero attached hydrogens (tertiary/aromatic N) is 2. The van der Waals surface area contributed by atoms with Crippen LogP contribution in [-0.2, 0) is 0 Å². The number of nitrogen functional groups attached to an aromatic ring is 1. The molecule has 3 rings (SSSR count). The van der Waals surface area contributed by atoms with E-state index in [9.17, 15) is 5.11 Å². The van der Waals surface area contributed by atoms with Crippen LogP contribution in [0.15, 0.2) is 24.3 Å². The molecule has 0 spiro atoms. The molecule has 118 valence electrons. The fraction of sp³-hybridized carbons (Fsp3) is 0.625. The lowest BCUT2D eigenvalue weighted by Gasteiger charge is -2.36. The first-order valence-electron chi connectivity index (χ1n) is 7.70. The second-order valence-electron chi connectivity index (χ2n) is 6.74. The van der Waals surface area contributed by atoms with Crippen molar-refractivity contribution < 1.29 is 22.0 Å². The van der Waals surface area contributed by atoms with Crippen LogP contribution in [0.2, 0.25) is 0 Å². The topological polar surface area (TPSA) is 49.5 Å². The van der Waals surface area contributed by atoms with Crippen molar-refractivity contribution in [2.45, 2.75) is 31.4 Å². The van der Waals surface area contributed by atoms with Gasteiger partial charge >= 0.3 is 0 Å². The zero-order valence-corrected chi connectivity index (χ0v) is 13.5. The molecule has 0 radical (unpaired) electrons. The Hall–Kier alpha value is -0.970. The third kappa shape index (κ3) is 3.62. The molecule has 2 aliphatic heterocycles. The first kappa shape index (κ1) is 16.4. The molecule has 2 fully saturated rings. The summed E-state index contributed by atoms with van der Waals surface area (Å²) >= 11 is 0. The molecule has 2 saturated heterocycles. The Balaban J connectivity index is 0.00000161. The molecular formula is C16H26ClN3O. The maximum Gasteiger partial charge on any atom is 0.0992 e. The van der Waals surface area contributed by atoms with Crippen molar-refractivity contribution in [2.24, 2.45) is 0 Å². The van der Waals surface area contributed by atoms with E-state index in [1.54, 1.807) is 0 Å². The normalized spacial score (nSPS) is 27.6. The second-order valence-corrected chi connectivity index (χ2v) is 6.74. The van der Waals surface area contributed by atoms with Crippen LogP contribution in [0.3, 0.4) is 0 Å². The van der Waals surface area contributed by atoms with Crippen molar-refractivity contribution in [3.05, 3.63) is 24.3 Å². The zero-order chi connectivity index (χ0) is 14.2. The number of hydrogen-bond acceptors (Lipinski definition) is 3. The van der Waals surface area contributed by atoms with E-state index in [2.05, 4.69) is 24.1 Å². The molecule has 0 saturated carbocycles. The number of β-amino-alcohol motifs (C(OH)–C–C–N with tert-alkyl or cyclic N) is 1. The Morgan fingerprint density at radius 2 is 1.86 bits per heavy atom. The van der Waals surface area contributed by atoms with Crippen LogP contribution < -0.4 is 23.0 Å². The summed E-state index contributed by atoms with van der Waals surface area (Å²) in [4.78, 5) is 2.37. The number of aliphatic hydroxyl groups excluding tert-OH is 1. The van der Waals surface area contributed by atoms with Gasteiger partial charge in [0.15, 0.2) is 0 Å². The van der Waals surface area contributed by atoms with Crippen molar-refractivity contribution in [3.8, 4) is 0 Å². The smallest absolute Gasteiger partial charge is 0.0992 e. The van der Waals surface area contributed by atoms with E-state index in [1.165, 1.54) is 31.6 Å². The molecular weight excluding hydrogens is 286 g/mol. The number of likely N-dealkylation sites (N-methyl/N-ethyl adjacent to an activating group) is 1. The Morgan fingerprint density at radius 1 is 1.24 bits per heavy atom. The number of hydrogen-bond donors (Lipinski definition) is 2. The molecule has 0 aliphatic carbocycles. The molecule has 2 heterocycles. The molecule has 5 heteroatoms. The second kappa shape index (κ2) is 6.42. The molecule has 2 atom stereocenters. The molecule has 2 aliphatic rings. The van der Waals surface area contributed by atoms with Crippen LogP contribution in [-0.4, -0.2) is 55.0 Å². The summed E-state index contributed by atoms with van der Waals surface area (Å²) in [6, 6.07) is 8.48. The number of benzene rings is 1. The summed E-state index contributed by atoms with van der Waals surface area (Å²) in [6.45, 7) is 4.44. The van der Waals surface area contributed by atoms with Gasteiger partial charge in [0, 0.05) is 37.2 Å². The molecule has 1 aromatic rings. The standard InChI is InChI=1S/C16H26N3O.ClH/c1-19(8-2-3-9-19)12-15-10-16(20)11-18(15)14-6-4-13(17)5-7-14;/h4-7,15-16,20H,2-3,8-12,17H2,1H3;1H/q+1;/p-1. The molecule has 2 unspecified atom stereocenters. The van der Waals surface area contributed by atoms with Gasteiger partial charge in [-0.1, -0.05) is 0 Å². The van der Waals surface area contributed by atoms with Gasteiger partial charge in [0.2, 0.25) is 0 Å². The lowest BCUT2D eigenvalue weighted by molar-refractivity contribution is -0.898. The van der Waals surface area contributed by atoms with Crippen LogP contribution >= 0.6 is 0 Å². The zero-order valence-electron chi connectivity index (χ0n) is 12.7. The summed E-state index contributed by atoms with van der Waals surface area (Å²) in [5, 5.41) is 10.1. The quantitative estimate of drug-likeness (QED) is 0.525. The van der Waals surface area contributed by atoms with E-state index < -0.39 is 0 Å². The highest BCUT2D eigenvalue weighted by atomic mass is 35.5. The van der Waals surface area contributed by atoms with Crippen molar-refractivity contribution in [2.75, 3.05) is 43.9 Å². The van der Waals surface area contributed by atoms with Gasteiger partial charge in [0.1, 0.15) is 0 Å². The Bertz CT molecular complexity index is 459. The molecule has 4 nitrogen and oxygen atoms in total. The van der Waals surface area contributed by atoms with E-state index in [0.29, 0.717) is 6.04 Å². The fourth-order valence-corrected chi connectivity index (χ4v) is 3.84. The number of nitrogens with two attached hydrogens (primary N) is 1. The van der Waals surface area contributed by atoms with Gasteiger partial charge in [-0.15, -0.1) is 0 Å². The van der Waals surface area contributed by atoms with E-state index in [1.807, 2.05) is 12.1 Å². The highest BCUT2D eigenvalue weighted by molar-refractivity contribution is 5.54. The molecule has 0 aromatic heterocycles. The average Bonchev–Trinajstić information content (AvgIpc) is 2.97. The third-order valence-electron chi connectivity index (χ3n) is 4.91. The maximum atomic E-state index is 10.1. The third-order valence-corrected chi connectivity index (χ3v) is 4.91. The molecule has 3 N–H and O–H groups in total. The SMILES string of the molecule is C[N+]1(CC2CC(O)CN2c2ccc(N)cc2)CCCC1.[Cl-]. The maximum absolute atomic E-state index is 10.1. The van der Waals surface area contributed by atoms with Crippen molar-refractivity contribution in [1.29, 1.82) is 0 Å². The van der Waals surface area contributed by atoms with Crippen LogP contribution in [0.25, 0.3) is 0 Å². The van der Waals surface area contributed by atoms with Crippen LogP contribution in [0.5, 0.6) is 0 Å². The van der Waals surface area contributed by atoms with Gasteiger partial charge in [-0.2, -0.15) is 0 Å². The number of anilines is 2. The minimum absolute atomic E-state index is 0. The number of likely N-dealkylation sites (tertiary alicyclic amines) is 1. The van der Waals surface area contributed by atoms with Crippen LogP contribution in [0.1, 0.15) is 19.3 Å². The number of rotatable bonds is 3. The van der Waals surface area contributed by atoms with Crippen molar-refractivity contribution >= 4 is 11.4 Å². The first-order chi connectivity index (χ1) is 9.56. The van der Waals surface area contributed by atoms with E-state index >= 15 is 0 Å². The van der Waals surface area contributed by atoms with Crippen LogP contribution in [0.4, 0.5) is 11.4 Å². The minimum Gasteiger partial charge on any atom is -1.00 e. The monoisotopic (exact) mass is 311 g/mol.